The van der Waals surface area contributed by atoms with Crippen LogP contribution in [0.4, 0.5) is 40.2 Å². The zero-order valence-electron chi connectivity index (χ0n) is 42.3. The fourth-order valence-electron chi connectivity index (χ4n) is 10.0. The Morgan fingerprint density at radius 1 is 0.676 bits per heavy atom. The van der Waals surface area contributed by atoms with Gasteiger partial charge in [-0.3, -0.25) is 14.4 Å². The summed E-state index contributed by atoms with van der Waals surface area (Å²) < 4.78 is 23.6. The van der Waals surface area contributed by atoms with Crippen molar-refractivity contribution in [2.45, 2.75) is 38.7 Å². The van der Waals surface area contributed by atoms with E-state index in [1.165, 1.54) is 0 Å². The molecule has 0 aliphatic carbocycles. The van der Waals surface area contributed by atoms with E-state index in [4.69, 9.17) is 23.9 Å². The summed E-state index contributed by atoms with van der Waals surface area (Å²) in [4.78, 5) is 57.8. The topological polar surface area (TPSA) is 151 Å². The van der Waals surface area contributed by atoms with Crippen molar-refractivity contribution in [1.29, 1.82) is 0 Å². The van der Waals surface area contributed by atoms with Gasteiger partial charge in [-0.1, -0.05) is 48.5 Å². The van der Waals surface area contributed by atoms with Gasteiger partial charge >= 0.3 is 0 Å². The van der Waals surface area contributed by atoms with Crippen molar-refractivity contribution in [3.8, 4) is 45.3 Å². The van der Waals surface area contributed by atoms with Gasteiger partial charge in [0.05, 0.1) is 44.0 Å². The number of para-hydroxylation sites is 1. The molecular formula is C59H60N8O7. The standard InChI is InChI=1S/C59H60N8O7/c1-6-73-54-36-44(21-24-50(54)62-59-60-37-52-55(63-59)64(2)51-13-8-7-12-48(51)58(70)65(52)3)66-30-26-40(27-31-66)57(69)67-32-28-46(29-33-67)74-45-22-16-39(17-23-45)38-14-19-43(20-15-38)61-56(68)42-18-25-53(72-5)49(35-42)41-10-9-11-47(34-41)71-4/h7-25,34-37,40,46H,6,26-33H2,1-5H3,(H,61,68)(H,60,62,63). The molecule has 74 heavy (non-hydrogen) atoms. The lowest BCUT2D eigenvalue weighted by molar-refractivity contribution is -0.138. The molecule has 0 radical (unpaired) electrons. The van der Waals surface area contributed by atoms with Crippen LogP contribution in [0.2, 0.25) is 0 Å². The number of amides is 3. The number of hydrogen-bond acceptors (Lipinski definition) is 12. The van der Waals surface area contributed by atoms with Gasteiger partial charge in [0.1, 0.15) is 34.8 Å². The number of aromatic nitrogens is 2. The maximum atomic E-state index is 13.8. The molecule has 0 atom stereocenters. The lowest BCUT2D eigenvalue weighted by Crippen LogP contribution is -2.47. The number of carbonyl (C=O) groups is 3. The van der Waals surface area contributed by atoms with E-state index in [1.807, 2.05) is 139 Å². The van der Waals surface area contributed by atoms with Crippen LogP contribution < -0.4 is 44.3 Å². The van der Waals surface area contributed by atoms with E-state index in [1.54, 1.807) is 44.5 Å². The molecule has 3 aliphatic rings. The molecular weight excluding hydrogens is 933 g/mol. The van der Waals surface area contributed by atoms with E-state index in [-0.39, 0.29) is 29.7 Å². The maximum absolute atomic E-state index is 13.8. The zero-order valence-corrected chi connectivity index (χ0v) is 42.3. The lowest BCUT2D eigenvalue weighted by atomic mass is 9.93. The summed E-state index contributed by atoms with van der Waals surface area (Å²) in [7, 11) is 6.87. The van der Waals surface area contributed by atoms with Gasteiger partial charge in [0.15, 0.2) is 5.82 Å². The van der Waals surface area contributed by atoms with Crippen molar-refractivity contribution in [1.82, 2.24) is 14.9 Å². The molecule has 4 heterocycles. The van der Waals surface area contributed by atoms with Crippen molar-refractivity contribution >= 4 is 57.9 Å². The first-order valence-electron chi connectivity index (χ1n) is 25.1. The third kappa shape index (κ3) is 10.4. The smallest absolute Gasteiger partial charge is 0.260 e. The Morgan fingerprint density at radius 2 is 1.42 bits per heavy atom. The van der Waals surface area contributed by atoms with Crippen LogP contribution in [-0.4, -0.2) is 99.8 Å². The van der Waals surface area contributed by atoms with Gasteiger partial charge in [-0.15, -0.1) is 0 Å². The highest BCUT2D eigenvalue weighted by Crippen LogP contribution is 2.40. The van der Waals surface area contributed by atoms with E-state index >= 15 is 0 Å². The number of anilines is 7. The summed E-state index contributed by atoms with van der Waals surface area (Å²) in [6, 6.07) is 42.5. The number of piperidine rings is 2. The highest BCUT2D eigenvalue weighted by molar-refractivity contribution is 6.13. The summed E-state index contributed by atoms with van der Waals surface area (Å²) in [6.07, 6.45) is 4.79. The molecule has 0 unspecified atom stereocenters. The third-order valence-corrected chi connectivity index (χ3v) is 14.2. The van der Waals surface area contributed by atoms with Gasteiger partial charge < -0.3 is 49.2 Å². The Labute approximate surface area is 431 Å². The first-order valence-corrected chi connectivity index (χ1v) is 25.1. The number of hydrogen-bond donors (Lipinski definition) is 2. The van der Waals surface area contributed by atoms with Gasteiger partial charge in [-0.25, -0.2) is 4.98 Å². The van der Waals surface area contributed by atoms with Crippen LogP contribution in [0.3, 0.4) is 0 Å². The number of carbonyl (C=O) groups excluding carboxylic acids is 3. The van der Waals surface area contributed by atoms with Gasteiger partial charge in [0, 0.05) is 87.6 Å². The van der Waals surface area contributed by atoms with E-state index in [9.17, 15) is 14.4 Å². The fourth-order valence-corrected chi connectivity index (χ4v) is 10.0. The minimum absolute atomic E-state index is 0.0224. The van der Waals surface area contributed by atoms with Gasteiger partial charge in [-0.05, 0) is 115 Å². The van der Waals surface area contributed by atoms with Gasteiger partial charge in [0.25, 0.3) is 11.8 Å². The normalized spacial score (nSPS) is 14.9. The van der Waals surface area contributed by atoms with E-state index in [2.05, 4.69) is 26.6 Å². The second-order valence-corrected chi connectivity index (χ2v) is 18.7. The number of fused-ring (bicyclic) bond motifs is 2. The second-order valence-electron chi connectivity index (χ2n) is 18.7. The number of nitrogens with one attached hydrogen (secondary N) is 2. The summed E-state index contributed by atoms with van der Waals surface area (Å²) in [5.41, 5.74) is 8.65. The fraction of sp³-hybridized carbons (Fsp3) is 0.271. The minimum atomic E-state index is -0.224. The highest BCUT2D eigenvalue weighted by Gasteiger charge is 2.33. The van der Waals surface area contributed by atoms with Crippen LogP contribution in [0.5, 0.6) is 23.0 Å². The van der Waals surface area contributed by atoms with Gasteiger partial charge in [-0.2, -0.15) is 4.98 Å². The Bertz CT molecular complexity index is 3170. The quantitative estimate of drug-likeness (QED) is 0.107. The Balaban J connectivity index is 0.689. The molecule has 10 rings (SSSR count). The number of methoxy groups -OCH3 is 2. The molecule has 3 amide bonds. The number of benzene rings is 6. The van der Waals surface area contributed by atoms with E-state index in [0.717, 1.165) is 89.6 Å². The molecule has 2 saturated heterocycles. The molecule has 0 saturated carbocycles. The SMILES string of the molecule is CCOc1cc(N2CCC(C(=O)N3CCC(Oc4ccc(-c5ccc(NC(=O)c6ccc(OC)c(-c7cccc(OC)c7)c6)cc5)cc4)CC3)CC2)ccc1Nc1ncc2c(n1)N(C)c1ccccc1C(=O)N2C. The molecule has 1 aromatic heterocycles. The van der Waals surface area contributed by atoms with Crippen LogP contribution in [0.15, 0.2) is 140 Å². The summed E-state index contributed by atoms with van der Waals surface area (Å²) in [5.74, 6) is 3.71. The molecule has 378 valence electrons. The first-order chi connectivity index (χ1) is 36.1. The third-order valence-electron chi connectivity index (χ3n) is 14.2. The van der Waals surface area contributed by atoms with E-state index in [0.29, 0.717) is 65.5 Å². The van der Waals surface area contributed by atoms with Crippen LogP contribution in [0, 0.1) is 5.92 Å². The molecule has 0 bridgehead atoms. The van der Waals surface area contributed by atoms with Crippen LogP contribution in [0.1, 0.15) is 53.3 Å². The predicted octanol–water partition coefficient (Wildman–Crippen LogP) is 10.9. The number of likely N-dealkylation sites (tertiary alicyclic amines) is 1. The molecule has 15 nitrogen and oxygen atoms in total. The molecule has 0 spiro atoms. The monoisotopic (exact) mass is 992 g/mol. The Kier molecular flexibility index (Phi) is 14.3. The summed E-state index contributed by atoms with van der Waals surface area (Å²) >= 11 is 0. The molecule has 2 N–H and O–H groups in total. The van der Waals surface area contributed by atoms with Crippen molar-refractivity contribution < 1.29 is 33.3 Å². The summed E-state index contributed by atoms with van der Waals surface area (Å²) in [6.45, 7) is 5.29. The van der Waals surface area contributed by atoms with Crippen molar-refractivity contribution in [3.63, 3.8) is 0 Å². The second kappa shape index (κ2) is 21.6. The van der Waals surface area contributed by atoms with Crippen LogP contribution in [-0.2, 0) is 4.79 Å². The Hall–Kier alpha value is -8.59. The average Bonchev–Trinajstić information content (AvgIpc) is 3.52. The van der Waals surface area contributed by atoms with Crippen molar-refractivity contribution in [2.24, 2.45) is 5.92 Å². The number of ether oxygens (including phenoxy) is 4. The van der Waals surface area contributed by atoms with Crippen molar-refractivity contribution in [3.05, 3.63) is 151 Å². The van der Waals surface area contributed by atoms with Crippen molar-refractivity contribution in [2.75, 3.05) is 86.4 Å². The minimum Gasteiger partial charge on any atom is -0.497 e. The molecule has 3 aliphatic heterocycles. The zero-order chi connectivity index (χ0) is 51.3. The highest BCUT2D eigenvalue weighted by atomic mass is 16.5. The Morgan fingerprint density at radius 3 is 2.15 bits per heavy atom. The summed E-state index contributed by atoms with van der Waals surface area (Å²) in [5, 5.41) is 6.38. The maximum Gasteiger partial charge on any atom is 0.260 e. The predicted molar refractivity (Wildman–Crippen MR) is 290 cm³/mol. The molecule has 15 heteroatoms. The average molecular weight is 993 g/mol. The molecule has 2 fully saturated rings. The lowest BCUT2D eigenvalue weighted by Gasteiger charge is -2.38. The molecule has 7 aromatic rings. The number of nitrogens with zero attached hydrogens (tertiary/aromatic N) is 6. The largest absolute Gasteiger partial charge is 0.497 e. The molecule has 6 aromatic carbocycles. The number of rotatable bonds is 14. The van der Waals surface area contributed by atoms with Gasteiger partial charge in [0.2, 0.25) is 11.9 Å². The first kappa shape index (κ1) is 49.0. The van der Waals surface area contributed by atoms with Crippen LogP contribution in [0.25, 0.3) is 22.3 Å². The van der Waals surface area contributed by atoms with Crippen LogP contribution >= 0.6 is 0 Å². The van der Waals surface area contributed by atoms with E-state index < -0.39 is 0 Å².